The SMILES string of the molecule is CC(=O)N1CCCc2cc(S(=O)(=O)Nc3ccc(-c4csnn4)cc3)ccc21. The van der Waals surface area contributed by atoms with Crippen LogP contribution in [0.3, 0.4) is 0 Å². The van der Waals surface area contributed by atoms with Crippen LogP contribution in [0.15, 0.2) is 52.7 Å². The summed E-state index contributed by atoms with van der Waals surface area (Å²) in [4.78, 5) is 13.7. The Morgan fingerprint density at radius 2 is 1.96 bits per heavy atom. The standard InChI is InChI=1S/C19H18N4O3S2/c1-13(24)23-10-2-3-15-11-17(8-9-19(15)23)28(25,26)21-16-6-4-14(5-7-16)18-12-27-22-20-18/h4-9,11-12,21H,2-3,10H2,1H3. The molecule has 28 heavy (non-hydrogen) atoms. The van der Waals surface area contributed by atoms with Gasteiger partial charge in [0.1, 0.15) is 5.69 Å². The van der Waals surface area contributed by atoms with Crippen molar-refractivity contribution in [3.8, 4) is 11.3 Å². The van der Waals surface area contributed by atoms with Gasteiger partial charge < -0.3 is 4.90 Å². The van der Waals surface area contributed by atoms with Crippen molar-refractivity contribution in [1.82, 2.24) is 9.59 Å². The summed E-state index contributed by atoms with van der Waals surface area (Å²) in [6, 6.07) is 11.9. The number of amides is 1. The number of sulfonamides is 1. The molecule has 4 rings (SSSR count). The summed E-state index contributed by atoms with van der Waals surface area (Å²) in [7, 11) is -3.73. The van der Waals surface area contributed by atoms with E-state index in [0.29, 0.717) is 12.2 Å². The number of hydrogen-bond acceptors (Lipinski definition) is 6. The number of aromatic nitrogens is 2. The van der Waals surface area contributed by atoms with Gasteiger partial charge in [0.15, 0.2) is 0 Å². The third kappa shape index (κ3) is 3.63. The smallest absolute Gasteiger partial charge is 0.261 e. The number of carbonyl (C=O) groups excluding carboxylic acids is 1. The molecule has 0 bridgehead atoms. The van der Waals surface area contributed by atoms with E-state index < -0.39 is 10.0 Å². The second kappa shape index (κ2) is 7.33. The van der Waals surface area contributed by atoms with E-state index in [1.165, 1.54) is 24.5 Å². The quantitative estimate of drug-likeness (QED) is 0.707. The number of rotatable bonds is 4. The van der Waals surface area contributed by atoms with Crippen molar-refractivity contribution in [3.05, 3.63) is 53.4 Å². The minimum Gasteiger partial charge on any atom is -0.312 e. The van der Waals surface area contributed by atoms with Crippen molar-refractivity contribution in [2.24, 2.45) is 0 Å². The second-order valence-corrected chi connectivity index (χ2v) is 8.83. The van der Waals surface area contributed by atoms with Crippen LogP contribution < -0.4 is 9.62 Å². The van der Waals surface area contributed by atoms with E-state index in [9.17, 15) is 13.2 Å². The second-order valence-electron chi connectivity index (χ2n) is 6.54. The fourth-order valence-corrected chi connectivity index (χ4v) is 4.86. The molecule has 9 heteroatoms. The summed E-state index contributed by atoms with van der Waals surface area (Å²) in [6.07, 6.45) is 1.56. The molecule has 1 aromatic heterocycles. The normalized spacial score (nSPS) is 13.8. The maximum atomic E-state index is 12.8. The molecule has 0 fully saturated rings. The molecule has 2 heterocycles. The topological polar surface area (TPSA) is 92.3 Å². The first-order valence-electron chi connectivity index (χ1n) is 8.75. The number of nitrogens with one attached hydrogen (secondary N) is 1. The van der Waals surface area contributed by atoms with Gasteiger partial charge in [0.05, 0.1) is 4.90 Å². The molecule has 7 nitrogen and oxygen atoms in total. The Kier molecular flexibility index (Phi) is 4.86. The molecule has 0 atom stereocenters. The van der Waals surface area contributed by atoms with Crippen LogP contribution in [0.4, 0.5) is 11.4 Å². The zero-order valence-corrected chi connectivity index (χ0v) is 16.8. The molecule has 1 aliphatic rings. The van der Waals surface area contributed by atoms with E-state index in [4.69, 9.17) is 0 Å². The predicted molar refractivity (Wildman–Crippen MR) is 109 cm³/mol. The molecular formula is C19H18N4O3S2. The molecule has 144 valence electrons. The average molecular weight is 415 g/mol. The van der Waals surface area contributed by atoms with Crippen LogP contribution in [0.1, 0.15) is 18.9 Å². The Balaban J connectivity index is 1.58. The summed E-state index contributed by atoms with van der Waals surface area (Å²) in [5, 5.41) is 5.83. The number of fused-ring (bicyclic) bond motifs is 1. The predicted octanol–water partition coefficient (Wildman–Crippen LogP) is 3.31. The van der Waals surface area contributed by atoms with Crippen LogP contribution in [-0.4, -0.2) is 30.5 Å². The van der Waals surface area contributed by atoms with E-state index in [-0.39, 0.29) is 10.8 Å². The lowest BCUT2D eigenvalue weighted by molar-refractivity contribution is -0.116. The van der Waals surface area contributed by atoms with Crippen LogP contribution in [0.2, 0.25) is 0 Å². The lowest BCUT2D eigenvalue weighted by atomic mass is 10.0. The first kappa shape index (κ1) is 18.6. The highest BCUT2D eigenvalue weighted by Crippen LogP contribution is 2.30. The number of hydrogen-bond donors (Lipinski definition) is 1. The fraction of sp³-hybridized carbons (Fsp3) is 0.211. The van der Waals surface area contributed by atoms with Gasteiger partial charge in [-0.15, -0.1) is 5.10 Å². The minimum absolute atomic E-state index is 0.0370. The summed E-state index contributed by atoms with van der Waals surface area (Å²) in [6.45, 7) is 2.18. The number of nitrogens with zero attached hydrogens (tertiary/aromatic N) is 3. The van der Waals surface area contributed by atoms with Gasteiger partial charge in [0, 0.05) is 35.8 Å². The first-order valence-corrected chi connectivity index (χ1v) is 11.1. The van der Waals surface area contributed by atoms with Gasteiger partial charge in [0.2, 0.25) is 5.91 Å². The average Bonchev–Trinajstić information content (AvgIpc) is 3.22. The zero-order valence-electron chi connectivity index (χ0n) is 15.1. The summed E-state index contributed by atoms with van der Waals surface area (Å²) >= 11 is 1.26. The van der Waals surface area contributed by atoms with E-state index in [1.54, 1.807) is 41.3 Å². The van der Waals surface area contributed by atoms with Gasteiger partial charge in [-0.2, -0.15) is 0 Å². The van der Waals surface area contributed by atoms with Gasteiger partial charge in [-0.05, 0) is 60.3 Å². The van der Waals surface area contributed by atoms with Crippen LogP contribution in [-0.2, 0) is 21.2 Å². The van der Waals surface area contributed by atoms with Crippen molar-refractivity contribution < 1.29 is 13.2 Å². The van der Waals surface area contributed by atoms with Crippen molar-refractivity contribution in [2.75, 3.05) is 16.2 Å². The lowest BCUT2D eigenvalue weighted by Gasteiger charge is -2.28. The van der Waals surface area contributed by atoms with E-state index in [0.717, 1.165) is 35.3 Å². The van der Waals surface area contributed by atoms with Gasteiger partial charge in [-0.25, -0.2) is 8.42 Å². The van der Waals surface area contributed by atoms with E-state index in [1.807, 2.05) is 5.38 Å². The fourth-order valence-electron chi connectivity index (χ4n) is 3.28. The van der Waals surface area contributed by atoms with Crippen molar-refractivity contribution >= 4 is 38.8 Å². The van der Waals surface area contributed by atoms with Crippen molar-refractivity contribution in [2.45, 2.75) is 24.7 Å². The molecule has 0 radical (unpaired) electrons. The highest BCUT2D eigenvalue weighted by atomic mass is 32.2. The molecule has 1 N–H and O–H groups in total. The van der Waals surface area contributed by atoms with Gasteiger partial charge in [0.25, 0.3) is 10.0 Å². The van der Waals surface area contributed by atoms with Crippen LogP contribution in [0.5, 0.6) is 0 Å². The highest BCUT2D eigenvalue weighted by molar-refractivity contribution is 7.92. The molecule has 0 aliphatic carbocycles. The van der Waals surface area contributed by atoms with E-state index in [2.05, 4.69) is 14.3 Å². The number of benzene rings is 2. The molecular weight excluding hydrogens is 396 g/mol. The third-order valence-electron chi connectivity index (χ3n) is 4.65. The maximum absolute atomic E-state index is 12.8. The van der Waals surface area contributed by atoms with Crippen LogP contribution in [0.25, 0.3) is 11.3 Å². The molecule has 3 aromatic rings. The molecule has 1 aliphatic heterocycles. The highest BCUT2D eigenvalue weighted by Gasteiger charge is 2.23. The largest absolute Gasteiger partial charge is 0.312 e. The van der Waals surface area contributed by atoms with E-state index >= 15 is 0 Å². The summed E-state index contributed by atoms with van der Waals surface area (Å²) < 4.78 is 32.0. The molecule has 0 saturated carbocycles. The Bertz CT molecular complexity index is 1110. The summed E-state index contributed by atoms with van der Waals surface area (Å²) in [5.41, 5.74) is 3.75. The molecule has 0 saturated heterocycles. The summed E-state index contributed by atoms with van der Waals surface area (Å²) in [5.74, 6) is -0.0370. The Morgan fingerprint density at radius 1 is 1.18 bits per heavy atom. The minimum atomic E-state index is -3.73. The molecule has 1 amide bonds. The Hall–Kier alpha value is -2.78. The molecule has 0 spiro atoms. The Labute approximate surface area is 167 Å². The molecule has 2 aromatic carbocycles. The molecule has 0 unspecified atom stereocenters. The maximum Gasteiger partial charge on any atom is 0.261 e. The third-order valence-corrected chi connectivity index (χ3v) is 6.54. The van der Waals surface area contributed by atoms with Crippen LogP contribution >= 0.6 is 11.5 Å². The van der Waals surface area contributed by atoms with Crippen molar-refractivity contribution in [1.29, 1.82) is 0 Å². The van der Waals surface area contributed by atoms with Gasteiger partial charge >= 0.3 is 0 Å². The van der Waals surface area contributed by atoms with Crippen molar-refractivity contribution in [3.63, 3.8) is 0 Å². The number of carbonyl (C=O) groups is 1. The van der Waals surface area contributed by atoms with Crippen LogP contribution in [0, 0.1) is 0 Å². The first-order chi connectivity index (χ1) is 13.4. The zero-order chi connectivity index (χ0) is 19.7. The van der Waals surface area contributed by atoms with Gasteiger partial charge in [-0.1, -0.05) is 16.6 Å². The Morgan fingerprint density at radius 3 is 2.64 bits per heavy atom. The number of anilines is 2. The monoisotopic (exact) mass is 414 g/mol. The number of aryl methyl sites for hydroxylation is 1. The van der Waals surface area contributed by atoms with Gasteiger partial charge in [-0.3, -0.25) is 9.52 Å². The lowest BCUT2D eigenvalue weighted by Crippen LogP contribution is -2.33.